The molecular formula is C13H19F3N4O2. The summed E-state index contributed by atoms with van der Waals surface area (Å²) < 4.78 is 39.7. The standard InChI is InChI=1S/C13H19F3N4O2/c14-13(15,16)12(22)3-9-19(10-4-12)11(21)17-5-1-7-20-8-2-6-18-20/h2,6,8,22H,1,3-5,7,9-10H2,(H,17,21). The second kappa shape index (κ2) is 6.55. The van der Waals surface area contributed by atoms with Crippen molar-refractivity contribution in [2.75, 3.05) is 19.6 Å². The Kier molecular flexibility index (Phi) is 4.94. The first kappa shape index (κ1) is 16.6. The molecule has 1 aliphatic heterocycles. The third-order valence-corrected chi connectivity index (χ3v) is 3.80. The van der Waals surface area contributed by atoms with Crippen LogP contribution in [0.4, 0.5) is 18.0 Å². The van der Waals surface area contributed by atoms with Crippen LogP contribution in [0.1, 0.15) is 19.3 Å². The molecule has 1 aromatic heterocycles. The van der Waals surface area contributed by atoms with Crippen molar-refractivity contribution in [1.29, 1.82) is 0 Å². The Balaban J connectivity index is 1.69. The number of urea groups is 1. The normalized spacial score (nSPS) is 18.3. The van der Waals surface area contributed by atoms with Crippen molar-refractivity contribution in [2.45, 2.75) is 37.6 Å². The molecule has 0 radical (unpaired) electrons. The Morgan fingerprint density at radius 2 is 2.05 bits per heavy atom. The lowest BCUT2D eigenvalue weighted by Crippen LogP contribution is -2.55. The lowest BCUT2D eigenvalue weighted by atomic mass is 9.91. The van der Waals surface area contributed by atoms with Crippen molar-refractivity contribution in [2.24, 2.45) is 0 Å². The average Bonchev–Trinajstić information content (AvgIpc) is 2.96. The second-order valence-corrected chi connectivity index (χ2v) is 5.37. The molecule has 0 spiro atoms. The summed E-state index contributed by atoms with van der Waals surface area (Å²) in [6.45, 7) is 0.849. The zero-order valence-electron chi connectivity index (χ0n) is 12.0. The summed E-state index contributed by atoms with van der Waals surface area (Å²) in [6.07, 6.45) is -1.49. The molecule has 124 valence electrons. The number of amides is 2. The summed E-state index contributed by atoms with van der Waals surface area (Å²) >= 11 is 0. The second-order valence-electron chi connectivity index (χ2n) is 5.37. The Hall–Kier alpha value is -1.77. The van der Waals surface area contributed by atoms with Crippen LogP contribution in [-0.2, 0) is 6.54 Å². The molecule has 1 saturated heterocycles. The minimum Gasteiger partial charge on any atom is -0.380 e. The van der Waals surface area contributed by atoms with Gasteiger partial charge in [0.25, 0.3) is 0 Å². The average molecular weight is 320 g/mol. The van der Waals surface area contributed by atoms with Gasteiger partial charge in [-0.2, -0.15) is 18.3 Å². The number of carbonyl (C=O) groups is 1. The number of nitrogens with zero attached hydrogens (tertiary/aromatic N) is 3. The zero-order chi connectivity index (χ0) is 16.2. The highest BCUT2D eigenvalue weighted by atomic mass is 19.4. The molecule has 0 aliphatic carbocycles. The van der Waals surface area contributed by atoms with E-state index in [1.54, 1.807) is 16.9 Å². The third kappa shape index (κ3) is 3.90. The van der Waals surface area contributed by atoms with E-state index in [0.717, 1.165) is 0 Å². The third-order valence-electron chi connectivity index (χ3n) is 3.80. The predicted octanol–water partition coefficient (Wildman–Crippen LogP) is 1.37. The molecule has 0 saturated carbocycles. The quantitative estimate of drug-likeness (QED) is 0.823. The molecule has 0 bridgehead atoms. The molecule has 1 aromatic rings. The van der Waals surface area contributed by atoms with Crippen LogP contribution in [-0.4, -0.2) is 57.2 Å². The molecule has 9 heteroatoms. The van der Waals surface area contributed by atoms with Gasteiger partial charge in [-0.3, -0.25) is 4.68 Å². The topological polar surface area (TPSA) is 70.4 Å². The van der Waals surface area contributed by atoms with Gasteiger partial charge >= 0.3 is 12.2 Å². The summed E-state index contributed by atoms with van der Waals surface area (Å²) in [7, 11) is 0. The Labute approximate surface area is 125 Å². The number of alkyl halides is 3. The van der Waals surface area contributed by atoms with Crippen molar-refractivity contribution < 1.29 is 23.1 Å². The molecular weight excluding hydrogens is 301 g/mol. The molecule has 2 heterocycles. The van der Waals surface area contributed by atoms with Gasteiger partial charge in [0.15, 0.2) is 5.60 Å². The van der Waals surface area contributed by atoms with E-state index in [1.165, 1.54) is 4.90 Å². The number of likely N-dealkylation sites (tertiary alicyclic amines) is 1. The molecule has 0 unspecified atom stereocenters. The number of aryl methyl sites for hydroxylation is 1. The molecule has 0 atom stereocenters. The molecule has 0 aromatic carbocycles. The van der Waals surface area contributed by atoms with Gasteiger partial charge in [0.2, 0.25) is 0 Å². The fraction of sp³-hybridized carbons (Fsp3) is 0.692. The molecule has 2 N–H and O–H groups in total. The van der Waals surface area contributed by atoms with E-state index in [2.05, 4.69) is 10.4 Å². The SMILES string of the molecule is O=C(NCCCn1cccn1)N1CCC(O)(C(F)(F)F)CC1. The minimum atomic E-state index is -4.65. The smallest absolute Gasteiger partial charge is 0.380 e. The largest absolute Gasteiger partial charge is 0.417 e. The van der Waals surface area contributed by atoms with Crippen molar-refractivity contribution in [1.82, 2.24) is 20.0 Å². The Morgan fingerprint density at radius 3 is 2.59 bits per heavy atom. The maximum Gasteiger partial charge on any atom is 0.417 e. The van der Waals surface area contributed by atoms with E-state index in [9.17, 15) is 23.1 Å². The van der Waals surface area contributed by atoms with Crippen molar-refractivity contribution >= 4 is 6.03 Å². The van der Waals surface area contributed by atoms with Crippen LogP contribution in [0.15, 0.2) is 18.5 Å². The highest BCUT2D eigenvalue weighted by molar-refractivity contribution is 5.74. The highest BCUT2D eigenvalue weighted by Gasteiger charge is 2.54. The fourth-order valence-electron chi connectivity index (χ4n) is 2.34. The van der Waals surface area contributed by atoms with E-state index in [1.807, 2.05) is 6.20 Å². The van der Waals surface area contributed by atoms with Crippen LogP contribution in [0.2, 0.25) is 0 Å². The van der Waals surface area contributed by atoms with Crippen LogP contribution >= 0.6 is 0 Å². The number of carbonyl (C=O) groups excluding carboxylic acids is 1. The molecule has 6 nitrogen and oxygen atoms in total. The zero-order valence-corrected chi connectivity index (χ0v) is 12.0. The van der Waals surface area contributed by atoms with Gasteiger partial charge in [-0.05, 0) is 12.5 Å². The number of aliphatic hydroxyl groups is 1. The summed E-state index contributed by atoms with van der Waals surface area (Å²) in [5, 5.41) is 16.2. The number of hydrogen-bond acceptors (Lipinski definition) is 3. The number of hydrogen-bond donors (Lipinski definition) is 2. The van der Waals surface area contributed by atoms with E-state index >= 15 is 0 Å². The Morgan fingerprint density at radius 1 is 1.36 bits per heavy atom. The van der Waals surface area contributed by atoms with Gasteiger partial charge in [0.1, 0.15) is 0 Å². The van der Waals surface area contributed by atoms with Crippen LogP contribution in [0.25, 0.3) is 0 Å². The maximum absolute atomic E-state index is 12.7. The summed E-state index contributed by atoms with van der Waals surface area (Å²) in [5.74, 6) is 0. The fourth-order valence-corrected chi connectivity index (χ4v) is 2.34. The molecule has 22 heavy (non-hydrogen) atoms. The summed E-state index contributed by atoms with van der Waals surface area (Å²) in [6, 6.07) is 1.40. The van der Waals surface area contributed by atoms with Gasteiger partial charge in [-0.1, -0.05) is 0 Å². The maximum atomic E-state index is 12.7. The van der Waals surface area contributed by atoms with E-state index in [-0.39, 0.29) is 13.1 Å². The monoisotopic (exact) mass is 320 g/mol. The van der Waals surface area contributed by atoms with Gasteiger partial charge in [0, 0.05) is 51.4 Å². The summed E-state index contributed by atoms with van der Waals surface area (Å²) in [5.41, 5.74) is -2.68. The lowest BCUT2D eigenvalue weighted by Gasteiger charge is -2.39. The molecule has 2 rings (SSSR count). The van der Waals surface area contributed by atoms with E-state index in [0.29, 0.717) is 19.5 Å². The van der Waals surface area contributed by atoms with Crippen LogP contribution in [0, 0.1) is 0 Å². The van der Waals surface area contributed by atoms with Crippen molar-refractivity contribution in [3.63, 3.8) is 0 Å². The van der Waals surface area contributed by atoms with Crippen LogP contribution < -0.4 is 5.32 Å². The number of aromatic nitrogens is 2. The van der Waals surface area contributed by atoms with Crippen molar-refractivity contribution in [3.05, 3.63) is 18.5 Å². The molecule has 1 aliphatic rings. The molecule has 1 fully saturated rings. The number of piperidine rings is 1. The predicted molar refractivity (Wildman–Crippen MR) is 72.1 cm³/mol. The number of nitrogens with one attached hydrogen (secondary N) is 1. The summed E-state index contributed by atoms with van der Waals surface area (Å²) in [4.78, 5) is 13.1. The van der Waals surface area contributed by atoms with E-state index < -0.39 is 30.7 Å². The van der Waals surface area contributed by atoms with E-state index in [4.69, 9.17) is 0 Å². The van der Waals surface area contributed by atoms with Crippen molar-refractivity contribution in [3.8, 4) is 0 Å². The minimum absolute atomic E-state index is 0.110. The molecule has 2 amide bonds. The van der Waals surface area contributed by atoms with Gasteiger partial charge in [-0.15, -0.1) is 0 Å². The van der Waals surface area contributed by atoms with Gasteiger partial charge in [-0.25, -0.2) is 4.79 Å². The van der Waals surface area contributed by atoms with Gasteiger partial charge in [0.05, 0.1) is 0 Å². The number of halogens is 3. The van der Waals surface area contributed by atoms with Crippen LogP contribution in [0.3, 0.4) is 0 Å². The highest BCUT2D eigenvalue weighted by Crippen LogP contribution is 2.38. The first-order valence-corrected chi connectivity index (χ1v) is 7.11. The van der Waals surface area contributed by atoms with Gasteiger partial charge < -0.3 is 15.3 Å². The first-order valence-electron chi connectivity index (χ1n) is 7.11. The number of rotatable bonds is 4. The lowest BCUT2D eigenvalue weighted by molar-refractivity contribution is -0.271. The van der Waals surface area contributed by atoms with Crippen LogP contribution in [0.5, 0.6) is 0 Å². The first-order chi connectivity index (χ1) is 10.3. The Bertz CT molecular complexity index is 482.